The fraction of sp³-hybridized carbons (Fsp3) is 0.500. The topological polar surface area (TPSA) is 70.7 Å². The Morgan fingerprint density at radius 3 is 2.74 bits per heavy atom. The fourth-order valence-electron chi connectivity index (χ4n) is 5.30. The second kappa shape index (κ2) is 12.0. The minimum absolute atomic E-state index is 0.190. The summed E-state index contributed by atoms with van der Waals surface area (Å²) in [6.07, 6.45) is 8.48. The third kappa shape index (κ3) is 6.53. The van der Waals surface area contributed by atoms with E-state index in [0.717, 1.165) is 24.9 Å². The predicted molar refractivity (Wildman–Crippen MR) is 135 cm³/mol. The number of nitrogens with zero attached hydrogens (tertiary/aromatic N) is 1. The number of benzene rings is 2. The molecule has 1 atom stereocenters. The highest BCUT2D eigenvalue weighted by molar-refractivity contribution is 5.97. The van der Waals surface area contributed by atoms with Gasteiger partial charge >= 0.3 is 0 Å². The Balaban J connectivity index is 1.36. The fourth-order valence-corrected chi connectivity index (χ4v) is 5.30. The second-order valence-corrected chi connectivity index (χ2v) is 9.62. The van der Waals surface area contributed by atoms with Crippen LogP contribution in [-0.4, -0.2) is 44.6 Å². The molecular formula is C28H36FN3O3. The van der Waals surface area contributed by atoms with Crippen LogP contribution in [-0.2, 0) is 11.2 Å². The lowest BCUT2D eigenvalue weighted by Crippen LogP contribution is -2.48. The van der Waals surface area contributed by atoms with Gasteiger partial charge < -0.3 is 20.3 Å². The number of carbonyl (C=O) groups excluding carboxylic acids is 2. The number of anilines is 1. The lowest BCUT2D eigenvalue weighted by molar-refractivity contribution is -0.123. The third-order valence-corrected chi connectivity index (χ3v) is 7.26. The van der Waals surface area contributed by atoms with E-state index in [1.807, 2.05) is 11.0 Å². The lowest BCUT2D eigenvalue weighted by atomic mass is 9.85. The van der Waals surface area contributed by atoms with Crippen molar-refractivity contribution in [2.45, 2.75) is 57.4 Å². The molecule has 2 amide bonds. The summed E-state index contributed by atoms with van der Waals surface area (Å²) < 4.78 is 19.5. The zero-order valence-corrected chi connectivity index (χ0v) is 20.5. The van der Waals surface area contributed by atoms with Crippen LogP contribution in [0.5, 0.6) is 5.75 Å². The van der Waals surface area contributed by atoms with Gasteiger partial charge in [-0.1, -0.05) is 50.3 Å². The van der Waals surface area contributed by atoms with Gasteiger partial charge in [0.25, 0.3) is 5.91 Å². The van der Waals surface area contributed by atoms with Crippen LogP contribution in [0.1, 0.15) is 60.9 Å². The van der Waals surface area contributed by atoms with Crippen LogP contribution in [0.3, 0.4) is 0 Å². The number of fused-ring (bicyclic) bond motifs is 1. The largest absolute Gasteiger partial charge is 0.497 e. The second-order valence-electron chi connectivity index (χ2n) is 9.62. The zero-order chi connectivity index (χ0) is 24.6. The monoisotopic (exact) mass is 481 g/mol. The molecule has 7 heteroatoms. The van der Waals surface area contributed by atoms with Gasteiger partial charge in [-0.2, -0.15) is 0 Å². The van der Waals surface area contributed by atoms with Crippen LogP contribution in [0.15, 0.2) is 42.5 Å². The SMILES string of the molecule is COc1cccc(C(=O)NC(CCC2CCCCC2)C(=O)NCCN2CCc3cccc(F)c32)c1. The van der Waals surface area contributed by atoms with Crippen molar-refractivity contribution in [1.82, 2.24) is 10.6 Å². The first kappa shape index (κ1) is 25.0. The van der Waals surface area contributed by atoms with Gasteiger partial charge in [0.1, 0.15) is 17.6 Å². The number of rotatable bonds is 10. The van der Waals surface area contributed by atoms with Crippen molar-refractivity contribution in [1.29, 1.82) is 0 Å². The summed E-state index contributed by atoms with van der Waals surface area (Å²) in [7, 11) is 1.56. The van der Waals surface area contributed by atoms with Crippen LogP contribution in [0, 0.1) is 11.7 Å². The molecule has 2 aromatic rings. The Labute approximate surface area is 207 Å². The summed E-state index contributed by atoms with van der Waals surface area (Å²) in [6.45, 7) is 1.66. The number of hydrogen-bond acceptors (Lipinski definition) is 4. The molecule has 0 bridgehead atoms. The lowest BCUT2D eigenvalue weighted by Gasteiger charge is -2.25. The van der Waals surface area contributed by atoms with Gasteiger partial charge in [-0.15, -0.1) is 0 Å². The number of halogens is 1. The van der Waals surface area contributed by atoms with E-state index in [1.54, 1.807) is 37.4 Å². The Kier molecular flexibility index (Phi) is 8.61. The molecule has 35 heavy (non-hydrogen) atoms. The van der Waals surface area contributed by atoms with Gasteiger partial charge in [-0.25, -0.2) is 4.39 Å². The molecule has 4 rings (SSSR count). The zero-order valence-electron chi connectivity index (χ0n) is 20.5. The number of nitrogens with one attached hydrogen (secondary N) is 2. The molecule has 0 saturated heterocycles. The van der Waals surface area contributed by atoms with Crippen molar-refractivity contribution in [3.8, 4) is 5.75 Å². The van der Waals surface area contributed by atoms with Crippen LogP contribution in [0.4, 0.5) is 10.1 Å². The maximum Gasteiger partial charge on any atom is 0.252 e. The number of ether oxygens (including phenoxy) is 1. The van der Waals surface area contributed by atoms with E-state index in [9.17, 15) is 14.0 Å². The molecule has 0 radical (unpaired) electrons. The molecule has 1 saturated carbocycles. The normalized spacial score (nSPS) is 16.5. The van der Waals surface area contributed by atoms with Crippen molar-refractivity contribution in [2.24, 2.45) is 5.92 Å². The van der Waals surface area contributed by atoms with E-state index in [-0.39, 0.29) is 17.6 Å². The van der Waals surface area contributed by atoms with Crippen LogP contribution < -0.4 is 20.3 Å². The molecule has 2 N–H and O–H groups in total. The molecule has 0 aromatic heterocycles. The first-order valence-electron chi connectivity index (χ1n) is 12.8. The van der Waals surface area contributed by atoms with Gasteiger partial charge in [0.2, 0.25) is 5.91 Å². The van der Waals surface area contributed by atoms with Crippen molar-refractivity contribution in [3.63, 3.8) is 0 Å². The number of carbonyl (C=O) groups is 2. The highest BCUT2D eigenvalue weighted by Crippen LogP contribution is 2.30. The summed E-state index contributed by atoms with van der Waals surface area (Å²) in [5.41, 5.74) is 2.11. The molecule has 2 aromatic carbocycles. The summed E-state index contributed by atoms with van der Waals surface area (Å²) in [5.74, 6) is 0.506. The minimum atomic E-state index is -0.613. The van der Waals surface area contributed by atoms with E-state index in [0.29, 0.717) is 42.4 Å². The van der Waals surface area contributed by atoms with Crippen molar-refractivity contribution >= 4 is 17.5 Å². The quantitative estimate of drug-likeness (QED) is 0.525. The molecular weight excluding hydrogens is 445 g/mol. The summed E-state index contributed by atoms with van der Waals surface area (Å²) in [5, 5.41) is 5.93. The first-order chi connectivity index (χ1) is 17.0. The van der Waals surface area contributed by atoms with Gasteiger partial charge in [0.05, 0.1) is 12.8 Å². The van der Waals surface area contributed by atoms with Crippen molar-refractivity contribution in [2.75, 3.05) is 31.6 Å². The summed E-state index contributed by atoms with van der Waals surface area (Å²) in [4.78, 5) is 28.1. The minimum Gasteiger partial charge on any atom is -0.497 e. The Bertz CT molecular complexity index is 1020. The van der Waals surface area contributed by atoms with E-state index >= 15 is 0 Å². The van der Waals surface area contributed by atoms with E-state index in [2.05, 4.69) is 10.6 Å². The van der Waals surface area contributed by atoms with Crippen molar-refractivity contribution < 1.29 is 18.7 Å². The smallest absolute Gasteiger partial charge is 0.252 e. The maximum atomic E-state index is 14.3. The molecule has 1 unspecified atom stereocenters. The van der Waals surface area contributed by atoms with Gasteiger partial charge in [0.15, 0.2) is 0 Å². The molecule has 2 aliphatic rings. The number of amides is 2. The Morgan fingerprint density at radius 1 is 1.14 bits per heavy atom. The number of methoxy groups -OCH3 is 1. The van der Waals surface area contributed by atoms with E-state index < -0.39 is 6.04 Å². The molecule has 1 aliphatic carbocycles. The summed E-state index contributed by atoms with van der Waals surface area (Å²) in [6, 6.07) is 11.5. The first-order valence-corrected chi connectivity index (χ1v) is 12.8. The number of para-hydroxylation sites is 1. The molecule has 6 nitrogen and oxygen atoms in total. The predicted octanol–water partition coefficient (Wildman–Crippen LogP) is 4.47. The molecule has 188 valence electrons. The highest BCUT2D eigenvalue weighted by atomic mass is 19.1. The third-order valence-electron chi connectivity index (χ3n) is 7.26. The van der Waals surface area contributed by atoms with Crippen LogP contribution >= 0.6 is 0 Å². The molecule has 1 aliphatic heterocycles. The maximum absolute atomic E-state index is 14.3. The summed E-state index contributed by atoms with van der Waals surface area (Å²) >= 11 is 0. The average molecular weight is 482 g/mol. The average Bonchev–Trinajstić information content (AvgIpc) is 3.31. The van der Waals surface area contributed by atoms with Crippen molar-refractivity contribution in [3.05, 3.63) is 59.4 Å². The van der Waals surface area contributed by atoms with Crippen LogP contribution in [0.25, 0.3) is 0 Å². The Morgan fingerprint density at radius 2 is 1.94 bits per heavy atom. The highest BCUT2D eigenvalue weighted by Gasteiger charge is 2.25. The van der Waals surface area contributed by atoms with Gasteiger partial charge in [-0.05, 0) is 55.0 Å². The van der Waals surface area contributed by atoms with E-state index in [4.69, 9.17) is 4.74 Å². The van der Waals surface area contributed by atoms with Gasteiger partial charge in [0, 0.05) is 25.2 Å². The van der Waals surface area contributed by atoms with E-state index in [1.165, 1.54) is 38.2 Å². The molecule has 0 spiro atoms. The molecule has 1 fully saturated rings. The Hall–Kier alpha value is -3.09. The van der Waals surface area contributed by atoms with Gasteiger partial charge in [-0.3, -0.25) is 9.59 Å². The standard InChI is InChI=1S/C28H36FN3O3/c1-35-23-11-5-10-22(19-23)27(33)31-25(14-13-20-7-3-2-4-8-20)28(34)30-16-18-32-17-15-21-9-6-12-24(29)26(21)32/h5-6,9-12,19-20,25H,2-4,7-8,13-18H2,1H3,(H,30,34)(H,31,33). The van der Waals surface area contributed by atoms with Crippen LogP contribution in [0.2, 0.25) is 0 Å². The molecule has 1 heterocycles. The number of hydrogen-bond donors (Lipinski definition) is 2.